The van der Waals surface area contributed by atoms with Crippen LogP contribution >= 0.6 is 11.3 Å². The molecule has 174 valence electrons. The number of esters is 1. The lowest BCUT2D eigenvalue weighted by Gasteiger charge is -2.21. The van der Waals surface area contributed by atoms with Crippen LogP contribution in [0.2, 0.25) is 0 Å². The van der Waals surface area contributed by atoms with Crippen molar-refractivity contribution in [3.63, 3.8) is 0 Å². The lowest BCUT2D eigenvalue weighted by atomic mass is 9.88. The Hall–Kier alpha value is -3.77. The lowest BCUT2D eigenvalue weighted by Crippen LogP contribution is -2.20. The SMILES string of the molecule is Cn1cncc1CCC(=O)OCC1CCc2c(sc(NC(=O)/C=C/c3cccnc3)c2C#N)C1. The van der Waals surface area contributed by atoms with Gasteiger partial charge < -0.3 is 14.6 Å². The number of nitrogens with zero attached hydrogens (tertiary/aromatic N) is 4. The topological polar surface area (TPSA) is 110 Å². The first kappa shape index (κ1) is 23.4. The molecule has 3 aromatic heterocycles. The van der Waals surface area contributed by atoms with Crippen LogP contribution in [0.3, 0.4) is 0 Å². The van der Waals surface area contributed by atoms with Crippen LogP contribution in [-0.2, 0) is 40.6 Å². The molecule has 8 nitrogen and oxygen atoms in total. The Morgan fingerprint density at radius 1 is 1.38 bits per heavy atom. The second kappa shape index (κ2) is 10.9. The maximum Gasteiger partial charge on any atom is 0.306 e. The van der Waals surface area contributed by atoms with Gasteiger partial charge in [-0.05, 0) is 54.9 Å². The van der Waals surface area contributed by atoms with Crippen LogP contribution in [0.1, 0.15) is 40.1 Å². The fourth-order valence-corrected chi connectivity index (χ4v) is 5.26. The molecular weight excluding hydrogens is 450 g/mol. The van der Waals surface area contributed by atoms with E-state index >= 15 is 0 Å². The number of hydrogen-bond acceptors (Lipinski definition) is 7. The Balaban J connectivity index is 1.31. The number of thiophene rings is 1. The maximum absolute atomic E-state index is 12.4. The summed E-state index contributed by atoms with van der Waals surface area (Å²) in [6.07, 6.45) is 13.1. The molecule has 1 unspecified atom stereocenters. The van der Waals surface area contributed by atoms with E-state index in [4.69, 9.17) is 4.74 Å². The molecule has 0 radical (unpaired) electrons. The first-order chi connectivity index (χ1) is 16.5. The van der Waals surface area contributed by atoms with Crippen molar-refractivity contribution in [3.8, 4) is 6.07 Å². The molecule has 9 heteroatoms. The van der Waals surface area contributed by atoms with Gasteiger partial charge in [0.05, 0.1) is 24.9 Å². The quantitative estimate of drug-likeness (QED) is 0.393. The number of rotatable bonds is 8. The number of carbonyl (C=O) groups excluding carboxylic acids is 2. The van der Waals surface area contributed by atoms with Gasteiger partial charge in [-0.1, -0.05) is 6.07 Å². The van der Waals surface area contributed by atoms with E-state index in [-0.39, 0.29) is 17.8 Å². The first-order valence-corrected chi connectivity index (χ1v) is 11.9. The number of amides is 1. The highest BCUT2D eigenvalue weighted by Crippen LogP contribution is 2.39. The number of hydrogen-bond donors (Lipinski definition) is 1. The predicted octanol–water partition coefficient (Wildman–Crippen LogP) is 3.68. The molecule has 0 aromatic carbocycles. The highest BCUT2D eigenvalue weighted by atomic mass is 32.1. The standard InChI is InChI=1S/C25H25N5O3S/c1-30-16-28-14-19(30)6-9-24(32)33-15-18-4-7-20-21(12-26)25(34-22(20)11-18)29-23(31)8-5-17-3-2-10-27-13-17/h2-3,5,8,10,13-14,16,18H,4,6-7,9,11,15H2,1H3,(H,29,31)/b8-5+. The summed E-state index contributed by atoms with van der Waals surface area (Å²) >= 11 is 1.43. The van der Waals surface area contributed by atoms with Crippen LogP contribution in [0.25, 0.3) is 6.08 Å². The van der Waals surface area contributed by atoms with Crippen molar-refractivity contribution in [2.75, 3.05) is 11.9 Å². The van der Waals surface area contributed by atoms with E-state index in [1.165, 1.54) is 17.4 Å². The molecule has 1 amide bonds. The van der Waals surface area contributed by atoms with Crippen molar-refractivity contribution >= 4 is 34.3 Å². The molecule has 3 heterocycles. The monoisotopic (exact) mass is 475 g/mol. The number of aryl methyl sites for hydroxylation is 2. The summed E-state index contributed by atoms with van der Waals surface area (Å²) < 4.78 is 7.42. The van der Waals surface area contributed by atoms with Gasteiger partial charge in [-0.3, -0.25) is 14.6 Å². The molecule has 0 saturated heterocycles. The average Bonchev–Trinajstić information content (AvgIpc) is 3.42. The van der Waals surface area contributed by atoms with Gasteiger partial charge in [0.15, 0.2) is 0 Å². The summed E-state index contributed by atoms with van der Waals surface area (Å²) in [5.74, 6) is -0.311. The minimum Gasteiger partial charge on any atom is -0.465 e. The van der Waals surface area contributed by atoms with Gasteiger partial charge in [0.25, 0.3) is 0 Å². The van der Waals surface area contributed by atoms with Gasteiger partial charge in [0, 0.05) is 42.3 Å². The summed E-state index contributed by atoms with van der Waals surface area (Å²) in [6.45, 7) is 0.360. The Morgan fingerprint density at radius 3 is 3.00 bits per heavy atom. The molecule has 0 aliphatic heterocycles. The maximum atomic E-state index is 12.4. The van der Waals surface area contributed by atoms with E-state index in [1.807, 2.05) is 17.7 Å². The van der Waals surface area contributed by atoms with Crippen molar-refractivity contribution in [1.82, 2.24) is 14.5 Å². The van der Waals surface area contributed by atoms with Crippen molar-refractivity contribution < 1.29 is 14.3 Å². The van der Waals surface area contributed by atoms with E-state index in [1.54, 1.807) is 37.1 Å². The Bertz CT molecular complexity index is 1240. The van der Waals surface area contributed by atoms with Gasteiger partial charge in [-0.15, -0.1) is 11.3 Å². The summed E-state index contributed by atoms with van der Waals surface area (Å²) in [5.41, 5.74) is 3.35. The zero-order valence-electron chi connectivity index (χ0n) is 18.9. The summed E-state index contributed by atoms with van der Waals surface area (Å²) in [7, 11) is 1.90. The minimum atomic E-state index is -0.294. The Labute approximate surface area is 201 Å². The fraction of sp³-hybridized carbons (Fsp3) is 0.320. The third-order valence-corrected chi connectivity index (χ3v) is 6.98. The molecule has 34 heavy (non-hydrogen) atoms. The Kier molecular flexibility index (Phi) is 7.50. The van der Waals surface area contributed by atoms with Crippen LogP contribution in [0, 0.1) is 17.2 Å². The predicted molar refractivity (Wildman–Crippen MR) is 129 cm³/mol. The molecule has 4 rings (SSSR count). The van der Waals surface area contributed by atoms with E-state index in [0.29, 0.717) is 30.0 Å². The second-order valence-electron chi connectivity index (χ2n) is 8.22. The third kappa shape index (κ3) is 5.77. The molecule has 3 aromatic rings. The number of fused-ring (bicyclic) bond motifs is 1. The number of carbonyl (C=O) groups is 2. The van der Waals surface area contributed by atoms with Gasteiger partial charge in [0.2, 0.25) is 5.91 Å². The normalized spacial score (nSPS) is 15.0. The van der Waals surface area contributed by atoms with Gasteiger partial charge >= 0.3 is 5.97 Å². The molecule has 1 aliphatic rings. The number of nitriles is 1. The third-order valence-electron chi connectivity index (χ3n) is 5.81. The largest absolute Gasteiger partial charge is 0.465 e. The molecule has 0 spiro atoms. The van der Waals surface area contributed by atoms with E-state index in [9.17, 15) is 14.9 Å². The molecule has 0 fully saturated rings. The molecule has 0 saturated carbocycles. The van der Waals surface area contributed by atoms with Gasteiger partial charge in [-0.2, -0.15) is 5.26 Å². The van der Waals surface area contributed by atoms with Crippen molar-refractivity contribution in [3.05, 3.63) is 70.4 Å². The number of anilines is 1. The number of imidazole rings is 1. The Morgan fingerprint density at radius 2 is 2.26 bits per heavy atom. The zero-order valence-corrected chi connectivity index (χ0v) is 19.7. The second-order valence-corrected chi connectivity index (χ2v) is 9.32. The molecule has 1 N–H and O–H groups in total. The first-order valence-electron chi connectivity index (χ1n) is 11.1. The van der Waals surface area contributed by atoms with Crippen LogP contribution < -0.4 is 5.32 Å². The molecule has 0 bridgehead atoms. The average molecular weight is 476 g/mol. The lowest BCUT2D eigenvalue weighted by molar-refractivity contribution is -0.145. The van der Waals surface area contributed by atoms with Crippen LogP contribution in [0.4, 0.5) is 5.00 Å². The van der Waals surface area contributed by atoms with E-state index < -0.39 is 0 Å². The van der Waals surface area contributed by atoms with E-state index in [0.717, 1.165) is 41.0 Å². The zero-order chi connectivity index (χ0) is 23.9. The summed E-state index contributed by atoms with van der Waals surface area (Å²) in [5, 5.41) is 13.1. The molecule has 1 atom stereocenters. The van der Waals surface area contributed by atoms with Crippen LogP contribution in [-0.4, -0.2) is 33.0 Å². The highest BCUT2D eigenvalue weighted by Gasteiger charge is 2.27. The van der Waals surface area contributed by atoms with Gasteiger partial charge in [0.1, 0.15) is 11.1 Å². The smallest absolute Gasteiger partial charge is 0.306 e. The van der Waals surface area contributed by atoms with Crippen LogP contribution in [0.15, 0.2) is 43.1 Å². The van der Waals surface area contributed by atoms with Crippen LogP contribution in [0.5, 0.6) is 0 Å². The fourth-order valence-electron chi connectivity index (χ4n) is 3.94. The number of nitrogens with one attached hydrogen (secondary N) is 1. The van der Waals surface area contributed by atoms with Gasteiger partial charge in [-0.25, -0.2) is 4.98 Å². The minimum absolute atomic E-state index is 0.201. The molecular formula is C25H25N5O3S. The summed E-state index contributed by atoms with van der Waals surface area (Å²) in [4.78, 5) is 33.7. The number of pyridine rings is 1. The number of aromatic nitrogens is 3. The van der Waals surface area contributed by atoms with E-state index in [2.05, 4.69) is 21.4 Å². The molecule has 1 aliphatic carbocycles. The van der Waals surface area contributed by atoms with Crippen molar-refractivity contribution in [2.24, 2.45) is 13.0 Å². The summed E-state index contributed by atoms with van der Waals surface area (Å²) in [6, 6.07) is 5.90. The number of ether oxygens (including phenoxy) is 1. The van der Waals surface area contributed by atoms with Crippen molar-refractivity contribution in [1.29, 1.82) is 5.26 Å². The van der Waals surface area contributed by atoms with Crippen molar-refractivity contribution in [2.45, 2.75) is 32.1 Å². The highest BCUT2D eigenvalue weighted by molar-refractivity contribution is 7.16.